The topological polar surface area (TPSA) is 86.8 Å². The van der Waals surface area contributed by atoms with E-state index in [9.17, 15) is 18.0 Å². The lowest BCUT2D eigenvalue weighted by Crippen LogP contribution is -2.31. The first-order valence-electron chi connectivity index (χ1n) is 9.41. The molecule has 1 N–H and O–H groups in total. The molecule has 0 aliphatic carbocycles. The Labute approximate surface area is 172 Å². The van der Waals surface area contributed by atoms with Gasteiger partial charge in [-0.3, -0.25) is 9.59 Å². The third-order valence-corrected chi connectivity index (χ3v) is 6.68. The number of sulfonamides is 1. The van der Waals surface area contributed by atoms with Crippen LogP contribution in [0.2, 0.25) is 0 Å². The van der Waals surface area contributed by atoms with Gasteiger partial charge in [-0.1, -0.05) is 32.0 Å². The second kappa shape index (κ2) is 9.67. The number of nitrogens with zero attached hydrogens (tertiary/aromatic N) is 2. The van der Waals surface area contributed by atoms with Crippen molar-refractivity contribution in [2.45, 2.75) is 25.3 Å². The van der Waals surface area contributed by atoms with E-state index in [2.05, 4.69) is 5.32 Å². The minimum absolute atomic E-state index is 0.107. The molecule has 0 aliphatic rings. The van der Waals surface area contributed by atoms with Crippen molar-refractivity contribution in [3.05, 3.63) is 65.2 Å². The minimum atomic E-state index is -3.63. The molecule has 2 rings (SSSR count). The molecule has 0 fully saturated rings. The SMILES string of the molecule is CCN(CC)S(=O)(=O)c1cccc(C(=O)N(C)Cc2ccc(C(=O)NC)cc2)c1. The summed E-state index contributed by atoms with van der Waals surface area (Å²) in [6, 6.07) is 13.1. The van der Waals surface area contributed by atoms with E-state index < -0.39 is 10.0 Å². The Morgan fingerprint density at radius 2 is 1.59 bits per heavy atom. The van der Waals surface area contributed by atoms with Gasteiger partial charge in [0.15, 0.2) is 0 Å². The van der Waals surface area contributed by atoms with Crippen molar-refractivity contribution >= 4 is 21.8 Å². The highest BCUT2D eigenvalue weighted by Crippen LogP contribution is 2.18. The summed E-state index contributed by atoms with van der Waals surface area (Å²) in [5.41, 5.74) is 1.71. The van der Waals surface area contributed by atoms with E-state index in [1.165, 1.54) is 21.3 Å². The zero-order valence-electron chi connectivity index (χ0n) is 17.2. The molecule has 0 aromatic heterocycles. The van der Waals surface area contributed by atoms with Crippen molar-refractivity contribution in [2.75, 3.05) is 27.2 Å². The maximum absolute atomic E-state index is 12.8. The van der Waals surface area contributed by atoms with Crippen LogP contribution >= 0.6 is 0 Å². The fraction of sp³-hybridized carbons (Fsp3) is 0.333. The summed E-state index contributed by atoms with van der Waals surface area (Å²) in [5, 5.41) is 2.56. The van der Waals surface area contributed by atoms with Crippen molar-refractivity contribution in [3.63, 3.8) is 0 Å². The van der Waals surface area contributed by atoms with Crippen molar-refractivity contribution in [1.29, 1.82) is 0 Å². The lowest BCUT2D eigenvalue weighted by molar-refractivity contribution is 0.0784. The molecule has 0 atom stereocenters. The smallest absolute Gasteiger partial charge is 0.253 e. The Morgan fingerprint density at radius 3 is 2.14 bits per heavy atom. The van der Waals surface area contributed by atoms with E-state index in [1.807, 2.05) is 0 Å². The fourth-order valence-corrected chi connectivity index (χ4v) is 4.48. The number of carbonyl (C=O) groups is 2. The quantitative estimate of drug-likeness (QED) is 0.714. The Morgan fingerprint density at radius 1 is 0.966 bits per heavy atom. The number of benzene rings is 2. The Balaban J connectivity index is 2.19. The normalized spacial score (nSPS) is 11.3. The summed E-state index contributed by atoms with van der Waals surface area (Å²) in [5.74, 6) is -0.454. The largest absolute Gasteiger partial charge is 0.355 e. The molecule has 0 saturated carbocycles. The van der Waals surface area contributed by atoms with Gasteiger partial charge in [0.25, 0.3) is 11.8 Å². The van der Waals surface area contributed by atoms with E-state index in [4.69, 9.17) is 0 Å². The summed E-state index contributed by atoms with van der Waals surface area (Å²) < 4.78 is 26.8. The maximum Gasteiger partial charge on any atom is 0.253 e. The molecule has 2 aromatic rings. The second-order valence-corrected chi connectivity index (χ2v) is 8.49. The van der Waals surface area contributed by atoms with Gasteiger partial charge in [-0.15, -0.1) is 0 Å². The molecular weight excluding hydrogens is 390 g/mol. The summed E-state index contributed by atoms with van der Waals surface area (Å²) in [4.78, 5) is 26.0. The van der Waals surface area contributed by atoms with E-state index in [-0.39, 0.29) is 16.7 Å². The Bertz CT molecular complexity index is 968. The standard InChI is InChI=1S/C21H27N3O4S/c1-5-24(6-2)29(27,28)19-9-7-8-18(14-19)21(26)23(4)15-16-10-12-17(13-11-16)20(25)22-3/h7-14H,5-6,15H2,1-4H3,(H,22,25). The van der Waals surface area contributed by atoms with Crippen LogP contribution in [0.5, 0.6) is 0 Å². The number of hydrogen-bond acceptors (Lipinski definition) is 4. The van der Waals surface area contributed by atoms with Gasteiger partial charge in [-0.2, -0.15) is 4.31 Å². The zero-order valence-corrected chi connectivity index (χ0v) is 18.0. The first-order chi connectivity index (χ1) is 13.7. The van der Waals surface area contributed by atoms with Gasteiger partial charge in [0.1, 0.15) is 0 Å². The van der Waals surface area contributed by atoms with Crippen LogP contribution in [-0.4, -0.2) is 56.6 Å². The molecule has 29 heavy (non-hydrogen) atoms. The van der Waals surface area contributed by atoms with Crippen LogP contribution in [0.1, 0.15) is 40.1 Å². The predicted molar refractivity (Wildman–Crippen MR) is 112 cm³/mol. The maximum atomic E-state index is 12.8. The van der Waals surface area contributed by atoms with E-state index in [0.717, 1.165) is 5.56 Å². The molecule has 7 nitrogen and oxygen atoms in total. The van der Waals surface area contributed by atoms with E-state index in [1.54, 1.807) is 64.3 Å². The average molecular weight is 418 g/mol. The molecule has 0 unspecified atom stereocenters. The van der Waals surface area contributed by atoms with Crippen molar-refractivity contribution in [3.8, 4) is 0 Å². The molecular formula is C21H27N3O4S. The molecule has 156 valence electrons. The van der Waals surface area contributed by atoms with Crippen LogP contribution in [0.3, 0.4) is 0 Å². The molecule has 0 radical (unpaired) electrons. The van der Waals surface area contributed by atoms with Gasteiger partial charge in [0.05, 0.1) is 4.90 Å². The van der Waals surface area contributed by atoms with Crippen LogP contribution in [0.4, 0.5) is 0 Å². The highest BCUT2D eigenvalue weighted by atomic mass is 32.2. The minimum Gasteiger partial charge on any atom is -0.355 e. The highest BCUT2D eigenvalue weighted by molar-refractivity contribution is 7.89. The van der Waals surface area contributed by atoms with Gasteiger partial charge in [-0.05, 0) is 35.9 Å². The summed E-state index contributed by atoms with van der Waals surface area (Å²) >= 11 is 0. The molecule has 0 spiro atoms. The molecule has 8 heteroatoms. The molecule has 0 saturated heterocycles. The predicted octanol–water partition coefficient (Wildman–Crippen LogP) is 2.35. The van der Waals surface area contributed by atoms with Crippen molar-refractivity contribution in [2.24, 2.45) is 0 Å². The molecule has 2 aromatic carbocycles. The van der Waals surface area contributed by atoms with E-state index >= 15 is 0 Å². The third kappa shape index (κ3) is 5.21. The number of hydrogen-bond donors (Lipinski definition) is 1. The average Bonchev–Trinajstić information content (AvgIpc) is 2.73. The fourth-order valence-electron chi connectivity index (χ4n) is 2.97. The van der Waals surface area contributed by atoms with Crippen LogP contribution < -0.4 is 5.32 Å². The summed E-state index contributed by atoms with van der Waals surface area (Å²) in [7, 11) is -0.413. The highest BCUT2D eigenvalue weighted by Gasteiger charge is 2.23. The van der Waals surface area contributed by atoms with Crippen LogP contribution in [0.25, 0.3) is 0 Å². The Kier molecular flexibility index (Phi) is 7.53. The van der Waals surface area contributed by atoms with E-state index in [0.29, 0.717) is 30.8 Å². The number of rotatable bonds is 8. The van der Waals surface area contributed by atoms with Gasteiger partial charge in [-0.25, -0.2) is 8.42 Å². The third-order valence-electron chi connectivity index (χ3n) is 4.63. The van der Waals surface area contributed by atoms with Crippen molar-refractivity contribution < 1.29 is 18.0 Å². The molecule has 2 amide bonds. The second-order valence-electron chi connectivity index (χ2n) is 6.55. The zero-order chi connectivity index (χ0) is 21.6. The van der Waals surface area contributed by atoms with Crippen molar-refractivity contribution in [1.82, 2.24) is 14.5 Å². The molecule has 0 bridgehead atoms. The summed E-state index contributed by atoms with van der Waals surface area (Å²) in [6.45, 7) is 4.62. The first kappa shape index (κ1) is 22.6. The number of amides is 2. The van der Waals surface area contributed by atoms with Gasteiger partial charge < -0.3 is 10.2 Å². The lowest BCUT2D eigenvalue weighted by Gasteiger charge is -2.20. The monoisotopic (exact) mass is 417 g/mol. The Hall–Kier alpha value is -2.71. The van der Waals surface area contributed by atoms with Gasteiger partial charge in [0, 0.05) is 44.9 Å². The molecule has 0 aliphatic heterocycles. The number of carbonyl (C=O) groups excluding carboxylic acids is 2. The van der Waals surface area contributed by atoms with Crippen LogP contribution in [0.15, 0.2) is 53.4 Å². The van der Waals surface area contributed by atoms with Gasteiger partial charge in [0.2, 0.25) is 10.0 Å². The summed E-state index contributed by atoms with van der Waals surface area (Å²) in [6.07, 6.45) is 0. The number of nitrogens with one attached hydrogen (secondary N) is 1. The van der Waals surface area contributed by atoms with Crippen LogP contribution in [-0.2, 0) is 16.6 Å². The van der Waals surface area contributed by atoms with Crippen LogP contribution in [0, 0.1) is 0 Å². The van der Waals surface area contributed by atoms with Gasteiger partial charge >= 0.3 is 0 Å². The molecule has 0 heterocycles. The first-order valence-corrected chi connectivity index (χ1v) is 10.8. The lowest BCUT2D eigenvalue weighted by atomic mass is 10.1.